The monoisotopic (exact) mass is 319 g/mol. The first-order chi connectivity index (χ1) is 7.11. The second kappa shape index (κ2) is 4.08. The minimum absolute atomic E-state index is 0.0820. The van der Waals surface area contributed by atoms with E-state index in [0.717, 1.165) is 12.8 Å². The van der Waals surface area contributed by atoms with Crippen LogP contribution in [-0.4, -0.2) is 23.9 Å². The van der Waals surface area contributed by atoms with Crippen LogP contribution in [0.1, 0.15) is 23.2 Å². The maximum absolute atomic E-state index is 13.2. The van der Waals surface area contributed by atoms with E-state index in [1.807, 2.05) is 22.6 Å². The van der Waals surface area contributed by atoms with Crippen LogP contribution < -0.4 is 0 Å². The maximum atomic E-state index is 13.2. The standard InChI is InChI=1S/C11H11FINO/c1-14(7-5-6-7)11(15)8-3-2-4-9(12)10(8)13/h2-4,7H,5-6H2,1H3. The third-order valence-electron chi connectivity index (χ3n) is 2.60. The van der Waals surface area contributed by atoms with E-state index >= 15 is 0 Å². The molecule has 80 valence electrons. The molecule has 2 nitrogen and oxygen atoms in total. The van der Waals surface area contributed by atoms with E-state index in [9.17, 15) is 9.18 Å². The lowest BCUT2D eigenvalue weighted by Gasteiger charge is -2.17. The fourth-order valence-electron chi connectivity index (χ4n) is 1.49. The van der Waals surface area contributed by atoms with Crippen molar-refractivity contribution in [3.05, 3.63) is 33.1 Å². The Balaban J connectivity index is 2.28. The predicted octanol–water partition coefficient (Wildman–Crippen LogP) is 2.66. The molecule has 1 saturated carbocycles. The van der Waals surface area contributed by atoms with Gasteiger partial charge in [-0.1, -0.05) is 6.07 Å². The van der Waals surface area contributed by atoms with Crippen LogP contribution in [0.15, 0.2) is 18.2 Å². The van der Waals surface area contributed by atoms with Gasteiger partial charge in [0.05, 0.1) is 9.13 Å². The van der Waals surface area contributed by atoms with Crippen molar-refractivity contribution in [2.75, 3.05) is 7.05 Å². The van der Waals surface area contributed by atoms with E-state index in [1.165, 1.54) is 6.07 Å². The van der Waals surface area contributed by atoms with Crippen LogP contribution in [0.5, 0.6) is 0 Å². The Kier molecular flexibility index (Phi) is 2.95. The molecule has 1 aromatic carbocycles. The second-order valence-corrected chi connectivity index (χ2v) is 4.83. The van der Waals surface area contributed by atoms with Crippen molar-refractivity contribution < 1.29 is 9.18 Å². The lowest BCUT2D eigenvalue weighted by Crippen LogP contribution is -2.29. The van der Waals surface area contributed by atoms with Crippen LogP contribution in [-0.2, 0) is 0 Å². The molecule has 4 heteroatoms. The van der Waals surface area contributed by atoms with E-state index < -0.39 is 0 Å². The summed E-state index contributed by atoms with van der Waals surface area (Å²) in [6.45, 7) is 0. The van der Waals surface area contributed by atoms with Crippen molar-refractivity contribution in [1.29, 1.82) is 0 Å². The van der Waals surface area contributed by atoms with Gasteiger partial charge in [-0.3, -0.25) is 4.79 Å². The maximum Gasteiger partial charge on any atom is 0.255 e. The largest absolute Gasteiger partial charge is 0.339 e. The zero-order chi connectivity index (χ0) is 11.0. The Labute approximate surface area is 102 Å². The van der Waals surface area contributed by atoms with Gasteiger partial charge in [-0.15, -0.1) is 0 Å². The van der Waals surface area contributed by atoms with E-state index in [1.54, 1.807) is 24.1 Å². The zero-order valence-corrected chi connectivity index (χ0v) is 10.5. The summed E-state index contributed by atoms with van der Waals surface area (Å²) in [4.78, 5) is 13.7. The molecule has 2 rings (SSSR count). The molecule has 0 radical (unpaired) electrons. The Bertz CT molecular complexity index is 404. The summed E-state index contributed by atoms with van der Waals surface area (Å²) in [6.07, 6.45) is 2.13. The number of carbonyl (C=O) groups excluding carboxylic acids is 1. The molecule has 0 bridgehead atoms. The first kappa shape index (κ1) is 10.9. The molecule has 1 aliphatic rings. The lowest BCUT2D eigenvalue weighted by atomic mass is 10.2. The summed E-state index contributed by atoms with van der Waals surface area (Å²) in [6, 6.07) is 4.98. The number of hydrogen-bond acceptors (Lipinski definition) is 1. The van der Waals surface area contributed by atoms with Gasteiger partial charge in [0.15, 0.2) is 0 Å². The zero-order valence-electron chi connectivity index (χ0n) is 8.34. The first-order valence-electron chi connectivity index (χ1n) is 4.82. The molecule has 0 N–H and O–H groups in total. The molecular formula is C11H11FINO. The molecule has 0 saturated heterocycles. The van der Waals surface area contributed by atoms with Crippen molar-refractivity contribution in [2.45, 2.75) is 18.9 Å². The quantitative estimate of drug-likeness (QED) is 0.768. The molecule has 0 aromatic heterocycles. The van der Waals surface area contributed by atoms with Gasteiger partial charge < -0.3 is 4.90 Å². The van der Waals surface area contributed by atoms with Gasteiger partial charge in [0.25, 0.3) is 5.91 Å². The van der Waals surface area contributed by atoms with Crippen molar-refractivity contribution >= 4 is 28.5 Å². The lowest BCUT2D eigenvalue weighted by molar-refractivity contribution is 0.0783. The second-order valence-electron chi connectivity index (χ2n) is 3.75. The fraction of sp³-hybridized carbons (Fsp3) is 0.364. The average Bonchev–Trinajstić information content (AvgIpc) is 3.03. The van der Waals surface area contributed by atoms with Crippen molar-refractivity contribution in [2.24, 2.45) is 0 Å². The summed E-state index contributed by atoms with van der Waals surface area (Å²) >= 11 is 1.87. The normalized spacial score (nSPS) is 15.1. The fourth-order valence-corrected chi connectivity index (χ4v) is 2.08. The van der Waals surface area contributed by atoms with E-state index in [2.05, 4.69) is 0 Å². The third-order valence-corrected chi connectivity index (χ3v) is 3.69. The molecule has 0 unspecified atom stereocenters. The number of halogens is 2. The molecule has 15 heavy (non-hydrogen) atoms. The third kappa shape index (κ3) is 2.14. The van der Waals surface area contributed by atoms with Crippen LogP contribution in [0.4, 0.5) is 4.39 Å². The summed E-state index contributed by atoms with van der Waals surface area (Å²) in [7, 11) is 1.78. The molecule has 0 aliphatic heterocycles. The van der Waals surface area contributed by atoms with Gasteiger partial charge in [-0.05, 0) is 47.6 Å². The smallest absolute Gasteiger partial charge is 0.255 e. The highest BCUT2D eigenvalue weighted by atomic mass is 127. The summed E-state index contributed by atoms with van der Waals surface area (Å²) in [5, 5.41) is 0. The molecule has 0 heterocycles. The van der Waals surface area contributed by atoms with Crippen molar-refractivity contribution in [3.63, 3.8) is 0 Å². The van der Waals surface area contributed by atoms with Gasteiger partial charge in [-0.25, -0.2) is 4.39 Å². The minimum Gasteiger partial charge on any atom is -0.339 e. The van der Waals surface area contributed by atoms with Gasteiger partial charge in [0.1, 0.15) is 5.82 Å². The van der Waals surface area contributed by atoms with Crippen LogP contribution in [0.25, 0.3) is 0 Å². The summed E-state index contributed by atoms with van der Waals surface area (Å²) in [5.41, 5.74) is 0.463. The number of rotatable bonds is 2. The van der Waals surface area contributed by atoms with Crippen LogP contribution in [0.2, 0.25) is 0 Å². The first-order valence-corrected chi connectivity index (χ1v) is 5.90. The molecule has 1 fully saturated rings. The molecule has 0 spiro atoms. The molecule has 1 aliphatic carbocycles. The number of benzene rings is 1. The van der Waals surface area contributed by atoms with Gasteiger partial charge in [0, 0.05) is 13.1 Å². The number of nitrogens with zero attached hydrogens (tertiary/aromatic N) is 1. The van der Waals surface area contributed by atoms with Crippen LogP contribution in [0, 0.1) is 9.39 Å². The predicted molar refractivity (Wildman–Crippen MR) is 64.2 cm³/mol. The number of amides is 1. The van der Waals surface area contributed by atoms with Crippen LogP contribution in [0.3, 0.4) is 0 Å². The van der Waals surface area contributed by atoms with E-state index in [4.69, 9.17) is 0 Å². The SMILES string of the molecule is CN(C(=O)c1cccc(F)c1I)C1CC1. The van der Waals surface area contributed by atoms with Crippen molar-refractivity contribution in [1.82, 2.24) is 4.90 Å². The minimum atomic E-state index is -0.328. The Morgan fingerprint density at radius 3 is 2.80 bits per heavy atom. The highest BCUT2D eigenvalue weighted by Crippen LogP contribution is 2.28. The highest BCUT2D eigenvalue weighted by molar-refractivity contribution is 14.1. The number of carbonyl (C=O) groups is 1. The topological polar surface area (TPSA) is 20.3 Å². The van der Waals surface area contributed by atoms with Gasteiger partial charge >= 0.3 is 0 Å². The highest BCUT2D eigenvalue weighted by Gasteiger charge is 2.31. The summed E-state index contributed by atoms with van der Waals surface area (Å²) in [5.74, 6) is -0.410. The Morgan fingerprint density at radius 1 is 1.53 bits per heavy atom. The average molecular weight is 319 g/mol. The molecule has 0 atom stereocenters. The summed E-state index contributed by atoms with van der Waals surface area (Å²) < 4.78 is 13.7. The molecule has 1 amide bonds. The van der Waals surface area contributed by atoms with Gasteiger partial charge in [-0.2, -0.15) is 0 Å². The Morgan fingerprint density at radius 2 is 2.20 bits per heavy atom. The van der Waals surface area contributed by atoms with Crippen LogP contribution >= 0.6 is 22.6 Å². The van der Waals surface area contributed by atoms with Gasteiger partial charge in [0.2, 0.25) is 0 Å². The Hall–Kier alpha value is -0.650. The number of hydrogen-bond donors (Lipinski definition) is 0. The molecule has 1 aromatic rings. The van der Waals surface area contributed by atoms with E-state index in [-0.39, 0.29) is 11.7 Å². The van der Waals surface area contributed by atoms with Crippen molar-refractivity contribution in [3.8, 4) is 0 Å². The molecular weight excluding hydrogens is 308 g/mol. The van der Waals surface area contributed by atoms with E-state index in [0.29, 0.717) is 15.2 Å².